The summed E-state index contributed by atoms with van der Waals surface area (Å²) >= 11 is 0. The maximum absolute atomic E-state index is 13.1. The fourth-order valence-electron chi connectivity index (χ4n) is 3.25. The normalized spacial score (nSPS) is 14.1. The Labute approximate surface area is 179 Å². The molecule has 0 saturated heterocycles. The van der Waals surface area contributed by atoms with Crippen molar-refractivity contribution < 1.29 is 18.4 Å². The van der Waals surface area contributed by atoms with E-state index >= 15 is 0 Å². The van der Waals surface area contributed by atoms with E-state index in [1.165, 1.54) is 12.1 Å². The molecule has 160 valence electrons. The first-order valence-electron chi connectivity index (χ1n) is 10.4. The van der Waals surface area contributed by atoms with Gasteiger partial charge in [0.05, 0.1) is 6.20 Å². The molecule has 2 aromatic carbocycles. The maximum Gasteiger partial charge on any atom is 0.243 e. The Balaban J connectivity index is 1.34. The number of carbonyl (C=O) groups excluding carboxylic acids is 2. The van der Waals surface area contributed by atoms with Gasteiger partial charge >= 0.3 is 0 Å². The van der Waals surface area contributed by atoms with Gasteiger partial charge in [0.25, 0.3) is 0 Å². The highest BCUT2D eigenvalue weighted by atomic mass is 19.1. The van der Waals surface area contributed by atoms with E-state index in [1.54, 1.807) is 18.3 Å². The van der Waals surface area contributed by atoms with E-state index in [0.29, 0.717) is 30.1 Å². The third kappa shape index (κ3) is 6.01. The minimum atomic E-state index is -0.630. The van der Waals surface area contributed by atoms with Gasteiger partial charge < -0.3 is 15.1 Å². The van der Waals surface area contributed by atoms with Crippen LogP contribution in [0.2, 0.25) is 0 Å². The van der Waals surface area contributed by atoms with Gasteiger partial charge in [-0.3, -0.25) is 9.59 Å². The summed E-state index contributed by atoms with van der Waals surface area (Å²) in [7, 11) is 0. The third-order valence-electron chi connectivity index (χ3n) is 5.11. The number of hydrogen-bond acceptors (Lipinski definition) is 4. The van der Waals surface area contributed by atoms with Crippen molar-refractivity contribution in [3.05, 3.63) is 78.1 Å². The summed E-state index contributed by atoms with van der Waals surface area (Å²) < 4.78 is 18.7. The fraction of sp³-hybridized carbons (Fsp3) is 0.292. The number of halogens is 1. The number of benzene rings is 2. The van der Waals surface area contributed by atoms with E-state index < -0.39 is 6.04 Å². The van der Waals surface area contributed by atoms with Crippen molar-refractivity contribution in [2.45, 2.75) is 44.2 Å². The predicted molar refractivity (Wildman–Crippen MR) is 113 cm³/mol. The van der Waals surface area contributed by atoms with Crippen molar-refractivity contribution in [2.75, 3.05) is 0 Å². The molecule has 1 heterocycles. The zero-order chi connectivity index (χ0) is 21.6. The van der Waals surface area contributed by atoms with Gasteiger partial charge in [0.2, 0.25) is 11.8 Å². The Bertz CT molecular complexity index is 1030. The predicted octanol–water partition coefficient (Wildman–Crippen LogP) is 3.42. The molecule has 0 bridgehead atoms. The van der Waals surface area contributed by atoms with E-state index in [9.17, 15) is 14.0 Å². The first kappa shape index (κ1) is 20.8. The molecule has 31 heavy (non-hydrogen) atoms. The molecule has 1 aliphatic carbocycles. The number of aryl methyl sites for hydroxylation is 1. The Morgan fingerprint density at radius 3 is 2.55 bits per heavy atom. The molecular weight excluding hydrogens is 397 g/mol. The van der Waals surface area contributed by atoms with Crippen LogP contribution < -0.4 is 10.6 Å². The molecule has 0 radical (unpaired) electrons. The highest BCUT2D eigenvalue weighted by molar-refractivity contribution is 5.88. The topological polar surface area (TPSA) is 84.2 Å². The number of carbonyl (C=O) groups is 2. The van der Waals surface area contributed by atoms with Gasteiger partial charge in [-0.25, -0.2) is 9.37 Å². The summed E-state index contributed by atoms with van der Waals surface area (Å²) in [6.07, 6.45) is 4.40. The van der Waals surface area contributed by atoms with Crippen molar-refractivity contribution in [3.63, 3.8) is 0 Å². The minimum absolute atomic E-state index is 0.144. The van der Waals surface area contributed by atoms with Gasteiger partial charge in [-0.05, 0) is 42.7 Å². The third-order valence-corrected chi connectivity index (χ3v) is 5.11. The van der Waals surface area contributed by atoms with Gasteiger partial charge in [-0.1, -0.05) is 30.3 Å². The number of nitrogens with zero attached hydrogens (tertiary/aromatic N) is 1. The summed E-state index contributed by atoms with van der Waals surface area (Å²) in [6, 6.07) is 15.1. The fourth-order valence-corrected chi connectivity index (χ4v) is 3.25. The Hall–Kier alpha value is -3.48. The quantitative estimate of drug-likeness (QED) is 0.555. The Morgan fingerprint density at radius 2 is 1.84 bits per heavy atom. The summed E-state index contributed by atoms with van der Waals surface area (Å²) in [5.74, 6) is 0.205. The highest BCUT2D eigenvalue weighted by Crippen LogP contribution is 2.21. The van der Waals surface area contributed by atoms with Gasteiger partial charge in [-0.15, -0.1) is 0 Å². The van der Waals surface area contributed by atoms with Gasteiger partial charge in [0.15, 0.2) is 11.7 Å². The van der Waals surface area contributed by atoms with Gasteiger partial charge in [0.1, 0.15) is 11.9 Å². The zero-order valence-corrected chi connectivity index (χ0v) is 17.0. The second-order valence-corrected chi connectivity index (χ2v) is 7.72. The van der Waals surface area contributed by atoms with Gasteiger partial charge in [0, 0.05) is 30.9 Å². The van der Waals surface area contributed by atoms with Crippen LogP contribution in [-0.2, 0) is 22.4 Å². The second kappa shape index (κ2) is 9.55. The van der Waals surface area contributed by atoms with Crippen LogP contribution in [0.25, 0.3) is 11.3 Å². The standard InChI is InChI=1S/C24H24FN3O3/c25-18-8-6-17(7-9-18)21-15-26-23(31-21)13-12-22(29)28-20(24(30)27-19-10-11-19)14-16-4-2-1-3-5-16/h1-9,15,19-20H,10-14H2,(H,27,30)(H,28,29). The number of oxazole rings is 1. The first-order chi connectivity index (χ1) is 15.1. The summed E-state index contributed by atoms with van der Waals surface area (Å²) in [4.78, 5) is 29.3. The average molecular weight is 421 g/mol. The van der Waals surface area contributed by atoms with Crippen LogP contribution in [0.5, 0.6) is 0 Å². The molecule has 4 rings (SSSR count). The molecule has 0 spiro atoms. The molecule has 1 aromatic heterocycles. The largest absolute Gasteiger partial charge is 0.441 e. The lowest BCUT2D eigenvalue weighted by Gasteiger charge is -2.18. The van der Waals surface area contributed by atoms with Crippen LogP contribution in [0.3, 0.4) is 0 Å². The van der Waals surface area contributed by atoms with Crippen LogP contribution in [0.4, 0.5) is 4.39 Å². The molecule has 1 atom stereocenters. The van der Waals surface area contributed by atoms with Crippen molar-refractivity contribution in [1.82, 2.24) is 15.6 Å². The molecule has 7 heteroatoms. The molecule has 2 N–H and O–H groups in total. The van der Waals surface area contributed by atoms with Crippen molar-refractivity contribution in [1.29, 1.82) is 0 Å². The van der Waals surface area contributed by atoms with Crippen LogP contribution >= 0.6 is 0 Å². The minimum Gasteiger partial charge on any atom is -0.441 e. The molecular formula is C24H24FN3O3. The van der Waals surface area contributed by atoms with E-state index in [-0.39, 0.29) is 30.1 Å². The lowest BCUT2D eigenvalue weighted by Crippen LogP contribution is -2.48. The average Bonchev–Trinajstić information content (AvgIpc) is 3.46. The zero-order valence-electron chi connectivity index (χ0n) is 17.0. The summed E-state index contributed by atoms with van der Waals surface area (Å²) in [6.45, 7) is 0. The van der Waals surface area contributed by atoms with Crippen molar-refractivity contribution in [3.8, 4) is 11.3 Å². The first-order valence-corrected chi connectivity index (χ1v) is 10.4. The smallest absolute Gasteiger partial charge is 0.243 e. The highest BCUT2D eigenvalue weighted by Gasteiger charge is 2.28. The molecule has 1 unspecified atom stereocenters. The van der Waals surface area contributed by atoms with Gasteiger partial charge in [-0.2, -0.15) is 0 Å². The molecule has 6 nitrogen and oxygen atoms in total. The molecule has 2 amide bonds. The second-order valence-electron chi connectivity index (χ2n) is 7.72. The molecule has 1 aliphatic rings. The number of rotatable bonds is 9. The van der Waals surface area contributed by atoms with E-state index in [4.69, 9.17) is 4.42 Å². The number of hydrogen-bond donors (Lipinski definition) is 2. The lowest BCUT2D eigenvalue weighted by atomic mass is 10.0. The monoisotopic (exact) mass is 421 g/mol. The van der Waals surface area contributed by atoms with Crippen LogP contribution in [0.15, 0.2) is 65.2 Å². The molecule has 3 aromatic rings. The summed E-state index contributed by atoms with van der Waals surface area (Å²) in [5, 5.41) is 5.82. The van der Waals surface area contributed by atoms with E-state index in [2.05, 4.69) is 15.6 Å². The molecule has 1 saturated carbocycles. The number of amides is 2. The van der Waals surface area contributed by atoms with Crippen molar-refractivity contribution >= 4 is 11.8 Å². The maximum atomic E-state index is 13.1. The molecule has 0 aliphatic heterocycles. The Morgan fingerprint density at radius 1 is 1.10 bits per heavy atom. The van der Waals surface area contributed by atoms with E-state index in [1.807, 2.05) is 30.3 Å². The van der Waals surface area contributed by atoms with Crippen LogP contribution in [0, 0.1) is 5.82 Å². The number of aromatic nitrogens is 1. The Kier molecular flexibility index (Phi) is 6.40. The van der Waals surface area contributed by atoms with E-state index in [0.717, 1.165) is 18.4 Å². The van der Waals surface area contributed by atoms with Crippen molar-refractivity contribution in [2.24, 2.45) is 0 Å². The number of nitrogens with one attached hydrogen (secondary N) is 2. The lowest BCUT2D eigenvalue weighted by molar-refractivity contribution is -0.129. The molecule has 1 fully saturated rings. The van der Waals surface area contributed by atoms with Crippen LogP contribution in [-0.4, -0.2) is 28.9 Å². The SMILES string of the molecule is O=C(CCc1ncc(-c2ccc(F)cc2)o1)NC(Cc1ccccc1)C(=O)NC1CC1. The van der Waals surface area contributed by atoms with Crippen LogP contribution in [0.1, 0.15) is 30.7 Å². The summed E-state index contributed by atoms with van der Waals surface area (Å²) in [5.41, 5.74) is 1.69.